The zero-order chi connectivity index (χ0) is 28.2. The van der Waals surface area contributed by atoms with Crippen molar-refractivity contribution in [3.05, 3.63) is 65.5 Å². The van der Waals surface area contributed by atoms with E-state index in [0.29, 0.717) is 30.0 Å². The summed E-state index contributed by atoms with van der Waals surface area (Å²) < 4.78 is 32.5. The number of nitrogens with one attached hydrogen (secondary N) is 1. The number of nitrogens with two attached hydrogens (primary N) is 1. The van der Waals surface area contributed by atoms with Crippen molar-refractivity contribution in [1.82, 2.24) is 15.5 Å². The largest absolute Gasteiger partial charge is 0.419 e. The van der Waals surface area contributed by atoms with Crippen molar-refractivity contribution < 1.29 is 17.6 Å². The van der Waals surface area contributed by atoms with E-state index in [1.54, 1.807) is 18.2 Å². The topological polar surface area (TPSA) is 131 Å². The van der Waals surface area contributed by atoms with Crippen molar-refractivity contribution in [3.8, 4) is 23.3 Å². The number of nitrogens with zero attached hydrogens (tertiary/aromatic N) is 3. The number of benzene rings is 2. The fraction of sp³-hybridized carbons (Fsp3) is 0.414. The van der Waals surface area contributed by atoms with Gasteiger partial charge in [-0.1, -0.05) is 49.1 Å². The van der Waals surface area contributed by atoms with E-state index in [1.807, 2.05) is 51.1 Å². The zero-order valence-corrected chi connectivity index (χ0v) is 23.6. The quantitative estimate of drug-likeness (QED) is 0.367. The van der Waals surface area contributed by atoms with Gasteiger partial charge in [-0.25, -0.2) is 8.42 Å². The van der Waals surface area contributed by atoms with Gasteiger partial charge in [0, 0.05) is 23.6 Å². The average Bonchev–Trinajstić information content (AvgIpc) is 3.57. The first-order valence-corrected chi connectivity index (χ1v) is 14.9. The van der Waals surface area contributed by atoms with Crippen LogP contribution in [0.2, 0.25) is 0 Å². The van der Waals surface area contributed by atoms with Crippen LogP contribution < -0.4 is 15.4 Å². The molecule has 9 nitrogen and oxygen atoms in total. The predicted molar refractivity (Wildman–Crippen MR) is 151 cm³/mol. The molecule has 1 aromatic heterocycles. The van der Waals surface area contributed by atoms with Crippen molar-refractivity contribution >= 4 is 21.6 Å². The second-order valence-corrected chi connectivity index (χ2v) is 12.3. The van der Waals surface area contributed by atoms with Gasteiger partial charge in [-0.3, -0.25) is 9.10 Å². The summed E-state index contributed by atoms with van der Waals surface area (Å²) in [7, 11) is -3.62. The van der Waals surface area contributed by atoms with Crippen molar-refractivity contribution in [2.45, 2.75) is 58.0 Å². The highest BCUT2D eigenvalue weighted by molar-refractivity contribution is 7.92. The molecule has 1 fully saturated rings. The van der Waals surface area contributed by atoms with Gasteiger partial charge < -0.3 is 15.5 Å². The lowest BCUT2D eigenvalue weighted by molar-refractivity contribution is 0.0948. The molecule has 1 saturated carbocycles. The first kappa shape index (κ1) is 28.3. The Bertz CT molecular complexity index is 1480. The summed E-state index contributed by atoms with van der Waals surface area (Å²) in [6, 6.07) is 14.2. The standard InChI is InChI=1S/C29H35N5O4S/c1-5-15-34(39(4,36)37)25-17-23(26(35)31-20(2)11-12-21-13-14-21)16-24(18-25)27-32-33-28(38-27)29(3,30)19-22-9-7-6-8-10-22/h6-10,16-18,20-21H,5,13-15,19,30H2,1-4H3,(H,31,35)/t20-,29-/m1/s1. The average molecular weight is 550 g/mol. The molecule has 0 bridgehead atoms. The number of carbonyl (C=O) groups excluding carboxylic acids is 1. The van der Waals surface area contributed by atoms with Gasteiger partial charge >= 0.3 is 0 Å². The molecule has 2 atom stereocenters. The van der Waals surface area contributed by atoms with Crippen molar-refractivity contribution in [2.75, 3.05) is 17.1 Å². The van der Waals surface area contributed by atoms with E-state index in [0.717, 1.165) is 24.7 Å². The summed E-state index contributed by atoms with van der Waals surface area (Å²) in [6.07, 6.45) is 4.39. The molecule has 1 aliphatic carbocycles. The van der Waals surface area contributed by atoms with E-state index in [-0.39, 0.29) is 35.8 Å². The van der Waals surface area contributed by atoms with Crippen LogP contribution in [0.1, 0.15) is 61.8 Å². The summed E-state index contributed by atoms with van der Waals surface area (Å²) in [4.78, 5) is 13.2. The van der Waals surface area contributed by atoms with E-state index in [1.165, 1.54) is 4.31 Å². The van der Waals surface area contributed by atoms with E-state index >= 15 is 0 Å². The maximum atomic E-state index is 13.2. The van der Waals surface area contributed by atoms with Crippen LogP contribution in [0.25, 0.3) is 11.5 Å². The summed E-state index contributed by atoms with van der Waals surface area (Å²) >= 11 is 0. The molecule has 4 rings (SSSR count). The van der Waals surface area contributed by atoms with E-state index in [2.05, 4.69) is 27.4 Å². The Morgan fingerprint density at radius 1 is 1.23 bits per heavy atom. The lowest BCUT2D eigenvalue weighted by Crippen LogP contribution is -2.35. The summed E-state index contributed by atoms with van der Waals surface area (Å²) in [5, 5.41) is 11.3. The number of sulfonamides is 1. The lowest BCUT2D eigenvalue weighted by atomic mass is 9.94. The number of anilines is 1. The minimum atomic E-state index is -3.62. The molecule has 1 amide bonds. The Kier molecular flexibility index (Phi) is 8.42. The molecule has 3 N–H and O–H groups in total. The third-order valence-corrected chi connectivity index (χ3v) is 7.49. The molecule has 10 heteroatoms. The molecule has 0 aliphatic heterocycles. The summed E-state index contributed by atoms with van der Waals surface area (Å²) in [5.41, 5.74) is 7.64. The third-order valence-electron chi connectivity index (χ3n) is 6.30. The molecular formula is C29H35N5O4S. The number of rotatable bonds is 10. The smallest absolute Gasteiger partial charge is 0.252 e. The number of amides is 1. The van der Waals surface area contributed by atoms with Gasteiger partial charge in [0.1, 0.15) is 0 Å². The van der Waals surface area contributed by atoms with Gasteiger partial charge in [0.15, 0.2) is 0 Å². The minimum Gasteiger partial charge on any atom is -0.419 e. The van der Waals surface area contributed by atoms with E-state index < -0.39 is 15.6 Å². The van der Waals surface area contributed by atoms with Gasteiger partial charge in [0.25, 0.3) is 5.91 Å². The summed E-state index contributed by atoms with van der Waals surface area (Å²) in [6.45, 7) is 5.76. The highest BCUT2D eigenvalue weighted by Crippen LogP contribution is 2.31. The number of aromatic nitrogens is 2. The summed E-state index contributed by atoms with van der Waals surface area (Å²) in [5.74, 6) is 6.63. The fourth-order valence-corrected chi connectivity index (χ4v) is 5.15. The van der Waals surface area contributed by atoms with Crippen molar-refractivity contribution in [3.63, 3.8) is 0 Å². The Hall–Kier alpha value is -3.68. The first-order chi connectivity index (χ1) is 18.5. The van der Waals surface area contributed by atoms with Gasteiger partial charge in [0.05, 0.1) is 23.5 Å². The molecule has 3 aromatic rings. The Labute approximate surface area is 230 Å². The zero-order valence-electron chi connectivity index (χ0n) is 22.8. The second-order valence-electron chi connectivity index (χ2n) is 10.4. The number of hydrogen-bond donors (Lipinski definition) is 2. The van der Waals surface area contributed by atoms with Crippen molar-refractivity contribution in [2.24, 2.45) is 11.7 Å². The molecule has 1 aliphatic rings. The van der Waals surface area contributed by atoms with Gasteiger partial charge in [-0.15, -0.1) is 10.2 Å². The lowest BCUT2D eigenvalue weighted by Gasteiger charge is -2.23. The highest BCUT2D eigenvalue weighted by atomic mass is 32.2. The highest BCUT2D eigenvalue weighted by Gasteiger charge is 2.29. The van der Waals surface area contributed by atoms with Gasteiger partial charge in [0.2, 0.25) is 21.8 Å². The molecule has 206 valence electrons. The van der Waals surface area contributed by atoms with Crippen LogP contribution in [0.15, 0.2) is 52.9 Å². The molecule has 39 heavy (non-hydrogen) atoms. The van der Waals surface area contributed by atoms with Crippen LogP contribution in [-0.4, -0.2) is 43.4 Å². The molecule has 0 spiro atoms. The van der Waals surface area contributed by atoms with Crippen molar-refractivity contribution in [1.29, 1.82) is 0 Å². The van der Waals surface area contributed by atoms with Crippen LogP contribution >= 0.6 is 0 Å². The molecule has 0 radical (unpaired) electrons. The molecule has 0 saturated heterocycles. The maximum Gasteiger partial charge on any atom is 0.252 e. The van der Waals surface area contributed by atoms with Crippen LogP contribution in [0, 0.1) is 17.8 Å². The Morgan fingerprint density at radius 3 is 2.59 bits per heavy atom. The van der Waals surface area contributed by atoms with Crippen LogP contribution in [-0.2, 0) is 22.0 Å². The fourth-order valence-electron chi connectivity index (χ4n) is 4.15. The Balaban J connectivity index is 1.69. The molecule has 1 heterocycles. The van der Waals surface area contributed by atoms with Crippen LogP contribution in [0.3, 0.4) is 0 Å². The van der Waals surface area contributed by atoms with Gasteiger partial charge in [-0.05, 0) is 63.3 Å². The Morgan fingerprint density at radius 2 is 1.95 bits per heavy atom. The van der Waals surface area contributed by atoms with Gasteiger partial charge in [-0.2, -0.15) is 0 Å². The maximum absolute atomic E-state index is 13.2. The molecule has 0 unspecified atom stereocenters. The monoisotopic (exact) mass is 549 g/mol. The SMILES string of the molecule is CCCN(c1cc(C(=O)N[C@H](C)C#CC2CC2)cc(-c2nnc([C@](C)(N)Cc3ccccc3)o2)c1)S(C)(=O)=O. The number of hydrogen-bond acceptors (Lipinski definition) is 7. The van der Waals surface area contributed by atoms with Crippen LogP contribution in [0.5, 0.6) is 0 Å². The molecule has 2 aromatic carbocycles. The first-order valence-electron chi connectivity index (χ1n) is 13.1. The van der Waals surface area contributed by atoms with Crippen LogP contribution in [0.4, 0.5) is 5.69 Å². The minimum absolute atomic E-state index is 0.136. The van der Waals surface area contributed by atoms with E-state index in [9.17, 15) is 13.2 Å². The third kappa shape index (κ3) is 7.46. The predicted octanol–water partition coefficient (Wildman–Crippen LogP) is 3.86. The second kappa shape index (κ2) is 11.6. The number of carbonyl (C=O) groups is 1. The molecular weight excluding hydrogens is 514 g/mol. The normalized spacial score (nSPS) is 15.5. The van der Waals surface area contributed by atoms with E-state index in [4.69, 9.17) is 10.2 Å².